The Balaban J connectivity index is 2.15. The summed E-state index contributed by atoms with van der Waals surface area (Å²) in [5, 5.41) is 0. The highest BCUT2D eigenvalue weighted by atomic mass is 14.8. The standard InChI is InChI=1S/C11H13N/c1-9(10-7-8-10)12-11-5-3-2-4-6-11/h2-6,10H,7-8H2,1H3. The van der Waals surface area contributed by atoms with Gasteiger partial charge in [-0.2, -0.15) is 0 Å². The van der Waals surface area contributed by atoms with Crippen molar-refractivity contribution in [3.8, 4) is 0 Å². The molecule has 1 heteroatoms. The molecular weight excluding hydrogens is 146 g/mol. The monoisotopic (exact) mass is 159 g/mol. The Morgan fingerprint density at radius 1 is 1.25 bits per heavy atom. The molecule has 2 rings (SSSR count). The van der Waals surface area contributed by atoms with Gasteiger partial charge in [-0.05, 0) is 37.8 Å². The molecule has 0 unspecified atom stereocenters. The second kappa shape index (κ2) is 3.10. The van der Waals surface area contributed by atoms with Gasteiger partial charge >= 0.3 is 0 Å². The molecule has 1 saturated carbocycles. The molecule has 0 bridgehead atoms. The van der Waals surface area contributed by atoms with Crippen LogP contribution in [0.2, 0.25) is 0 Å². The first-order chi connectivity index (χ1) is 5.86. The van der Waals surface area contributed by atoms with Gasteiger partial charge in [-0.15, -0.1) is 0 Å². The van der Waals surface area contributed by atoms with Crippen LogP contribution in [0.3, 0.4) is 0 Å². The SMILES string of the molecule is CC(=Nc1ccccc1)C1CC1. The van der Waals surface area contributed by atoms with E-state index in [1.54, 1.807) is 0 Å². The molecule has 1 aromatic carbocycles. The molecule has 0 amide bonds. The number of nitrogens with zero attached hydrogens (tertiary/aromatic N) is 1. The molecule has 0 aliphatic heterocycles. The van der Waals surface area contributed by atoms with Crippen molar-refractivity contribution in [1.82, 2.24) is 0 Å². The molecule has 0 heterocycles. The minimum absolute atomic E-state index is 0.783. The molecule has 1 nitrogen and oxygen atoms in total. The molecular formula is C11H13N. The van der Waals surface area contributed by atoms with Crippen molar-refractivity contribution in [3.63, 3.8) is 0 Å². The van der Waals surface area contributed by atoms with Crippen LogP contribution < -0.4 is 0 Å². The minimum atomic E-state index is 0.783. The van der Waals surface area contributed by atoms with Crippen molar-refractivity contribution in [2.24, 2.45) is 10.9 Å². The summed E-state index contributed by atoms with van der Waals surface area (Å²) in [5.74, 6) is 0.783. The van der Waals surface area contributed by atoms with Gasteiger partial charge in [0.25, 0.3) is 0 Å². The van der Waals surface area contributed by atoms with Crippen molar-refractivity contribution in [1.29, 1.82) is 0 Å². The summed E-state index contributed by atoms with van der Waals surface area (Å²) in [5.41, 5.74) is 2.38. The summed E-state index contributed by atoms with van der Waals surface area (Å²) in [6, 6.07) is 10.2. The van der Waals surface area contributed by atoms with Crippen molar-refractivity contribution >= 4 is 11.4 Å². The lowest BCUT2D eigenvalue weighted by molar-refractivity contribution is 1.17. The second-order valence-electron chi connectivity index (χ2n) is 3.36. The highest BCUT2D eigenvalue weighted by molar-refractivity contribution is 5.88. The van der Waals surface area contributed by atoms with Crippen LogP contribution in [0.1, 0.15) is 19.8 Å². The number of rotatable bonds is 2. The van der Waals surface area contributed by atoms with Gasteiger partial charge in [0.1, 0.15) is 0 Å². The maximum absolute atomic E-state index is 4.54. The summed E-state index contributed by atoms with van der Waals surface area (Å²) < 4.78 is 0. The van der Waals surface area contributed by atoms with Gasteiger partial charge < -0.3 is 0 Å². The number of benzene rings is 1. The Kier molecular flexibility index (Phi) is 1.94. The Labute approximate surface area is 73.1 Å². The third-order valence-corrected chi connectivity index (χ3v) is 2.23. The lowest BCUT2D eigenvalue weighted by Gasteiger charge is -1.96. The summed E-state index contributed by atoms with van der Waals surface area (Å²) in [6.07, 6.45) is 2.67. The number of hydrogen-bond donors (Lipinski definition) is 0. The molecule has 0 spiro atoms. The van der Waals surface area contributed by atoms with E-state index in [4.69, 9.17) is 0 Å². The topological polar surface area (TPSA) is 12.4 Å². The van der Waals surface area contributed by atoms with Crippen molar-refractivity contribution in [2.45, 2.75) is 19.8 Å². The summed E-state index contributed by atoms with van der Waals surface area (Å²) >= 11 is 0. The molecule has 0 N–H and O–H groups in total. The molecule has 1 aliphatic rings. The Morgan fingerprint density at radius 3 is 2.50 bits per heavy atom. The van der Waals surface area contributed by atoms with Crippen molar-refractivity contribution in [2.75, 3.05) is 0 Å². The Hall–Kier alpha value is -1.11. The molecule has 1 fully saturated rings. The first kappa shape index (κ1) is 7.53. The third kappa shape index (κ3) is 1.73. The van der Waals surface area contributed by atoms with Gasteiger partial charge in [-0.3, -0.25) is 4.99 Å². The van der Waals surface area contributed by atoms with Gasteiger partial charge in [0.05, 0.1) is 5.69 Å². The van der Waals surface area contributed by atoms with Gasteiger partial charge in [0, 0.05) is 5.71 Å². The normalized spacial score (nSPS) is 17.9. The zero-order chi connectivity index (χ0) is 8.39. The van der Waals surface area contributed by atoms with Gasteiger partial charge in [-0.1, -0.05) is 18.2 Å². The lowest BCUT2D eigenvalue weighted by atomic mass is 10.2. The van der Waals surface area contributed by atoms with E-state index in [-0.39, 0.29) is 0 Å². The van der Waals surface area contributed by atoms with Crippen LogP contribution >= 0.6 is 0 Å². The largest absolute Gasteiger partial charge is 0.258 e. The quantitative estimate of drug-likeness (QED) is 0.588. The molecule has 1 aromatic rings. The van der Waals surface area contributed by atoms with Crippen LogP contribution in [0.4, 0.5) is 5.69 Å². The summed E-state index contributed by atoms with van der Waals surface area (Å²) in [6.45, 7) is 2.13. The predicted octanol–water partition coefficient (Wildman–Crippen LogP) is 3.19. The maximum Gasteiger partial charge on any atom is 0.0629 e. The molecule has 12 heavy (non-hydrogen) atoms. The van der Waals surface area contributed by atoms with Gasteiger partial charge in [0.15, 0.2) is 0 Å². The third-order valence-electron chi connectivity index (χ3n) is 2.23. The van der Waals surface area contributed by atoms with Crippen LogP contribution in [0.15, 0.2) is 35.3 Å². The molecule has 0 atom stereocenters. The number of aliphatic imine (C=N–C) groups is 1. The van der Waals surface area contributed by atoms with E-state index in [1.165, 1.54) is 18.6 Å². The smallest absolute Gasteiger partial charge is 0.0629 e. The first-order valence-electron chi connectivity index (χ1n) is 4.46. The highest BCUT2D eigenvalue weighted by Crippen LogP contribution is 2.31. The fourth-order valence-corrected chi connectivity index (χ4v) is 1.30. The van der Waals surface area contributed by atoms with Crippen LogP contribution in [0.5, 0.6) is 0 Å². The fourth-order valence-electron chi connectivity index (χ4n) is 1.30. The summed E-state index contributed by atoms with van der Waals surface area (Å²) in [4.78, 5) is 4.54. The molecule has 0 radical (unpaired) electrons. The summed E-state index contributed by atoms with van der Waals surface area (Å²) in [7, 11) is 0. The number of para-hydroxylation sites is 1. The van der Waals surface area contributed by atoms with E-state index >= 15 is 0 Å². The first-order valence-corrected chi connectivity index (χ1v) is 4.46. The average molecular weight is 159 g/mol. The number of hydrogen-bond acceptors (Lipinski definition) is 1. The van der Waals surface area contributed by atoms with E-state index in [9.17, 15) is 0 Å². The Bertz CT molecular complexity index is 283. The molecule has 0 aromatic heterocycles. The average Bonchev–Trinajstić information content (AvgIpc) is 2.88. The van der Waals surface area contributed by atoms with E-state index in [0.717, 1.165) is 11.6 Å². The van der Waals surface area contributed by atoms with Crippen molar-refractivity contribution in [3.05, 3.63) is 30.3 Å². The molecule has 62 valence electrons. The van der Waals surface area contributed by atoms with Crippen LogP contribution in [0.25, 0.3) is 0 Å². The predicted molar refractivity (Wildman–Crippen MR) is 51.9 cm³/mol. The van der Waals surface area contributed by atoms with Crippen LogP contribution in [0, 0.1) is 5.92 Å². The highest BCUT2D eigenvalue weighted by Gasteiger charge is 2.24. The van der Waals surface area contributed by atoms with E-state index < -0.39 is 0 Å². The minimum Gasteiger partial charge on any atom is -0.258 e. The second-order valence-corrected chi connectivity index (χ2v) is 3.36. The zero-order valence-corrected chi connectivity index (χ0v) is 7.33. The van der Waals surface area contributed by atoms with E-state index in [0.29, 0.717) is 0 Å². The van der Waals surface area contributed by atoms with Gasteiger partial charge in [-0.25, -0.2) is 0 Å². The Morgan fingerprint density at radius 2 is 1.92 bits per heavy atom. The fraction of sp³-hybridized carbons (Fsp3) is 0.364. The molecule has 1 aliphatic carbocycles. The van der Waals surface area contributed by atoms with E-state index in [2.05, 4.69) is 11.9 Å². The van der Waals surface area contributed by atoms with E-state index in [1.807, 2.05) is 30.3 Å². The van der Waals surface area contributed by atoms with Gasteiger partial charge in [0.2, 0.25) is 0 Å². The van der Waals surface area contributed by atoms with Crippen LogP contribution in [-0.4, -0.2) is 5.71 Å². The zero-order valence-electron chi connectivity index (χ0n) is 7.33. The maximum atomic E-state index is 4.54. The molecule has 0 saturated heterocycles. The van der Waals surface area contributed by atoms with Crippen LogP contribution in [-0.2, 0) is 0 Å². The lowest BCUT2D eigenvalue weighted by Crippen LogP contribution is -1.91. The van der Waals surface area contributed by atoms with Crippen molar-refractivity contribution < 1.29 is 0 Å².